The lowest BCUT2D eigenvalue weighted by Gasteiger charge is -2.25. The van der Waals surface area contributed by atoms with Crippen LogP contribution < -0.4 is 20.5 Å². The molecule has 0 aliphatic carbocycles. The molecule has 124 valence electrons. The van der Waals surface area contributed by atoms with E-state index >= 15 is 0 Å². The largest absolute Gasteiger partial charge is 0.490 e. The maximum Gasteiger partial charge on any atom is 0.237 e. The van der Waals surface area contributed by atoms with Gasteiger partial charge in [-0.2, -0.15) is 0 Å². The van der Waals surface area contributed by atoms with Crippen LogP contribution in [0.4, 0.5) is 0 Å². The van der Waals surface area contributed by atoms with E-state index in [0.29, 0.717) is 24.7 Å². The second-order valence-electron chi connectivity index (χ2n) is 5.59. The summed E-state index contributed by atoms with van der Waals surface area (Å²) in [6, 6.07) is 5.13. The Bertz CT molecular complexity index is 487. The van der Waals surface area contributed by atoms with Crippen LogP contribution in [0.25, 0.3) is 0 Å². The van der Waals surface area contributed by atoms with Gasteiger partial charge in [0.15, 0.2) is 11.5 Å². The van der Waals surface area contributed by atoms with Gasteiger partial charge >= 0.3 is 0 Å². The highest BCUT2D eigenvalue weighted by molar-refractivity contribution is 5.81. The molecule has 0 saturated carbocycles. The molecule has 0 radical (unpaired) electrons. The monoisotopic (exact) mass is 308 g/mol. The van der Waals surface area contributed by atoms with Crippen LogP contribution in [-0.4, -0.2) is 25.2 Å². The zero-order valence-corrected chi connectivity index (χ0v) is 14.2. The molecule has 0 heterocycles. The first kappa shape index (κ1) is 18.3. The van der Waals surface area contributed by atoms with Gasteiger partial charge in [0.1, 0.15) is 0 Å². The summed E-state index contributed by atoms with van der Waals surface area (Å²) < 4.78 is 11.2. The topological polar surface area (TPSA) is 73.6 Å². The zero-order chi connectivity index (χ0) is 16.7. The van der Waals surface area contributed by atoms with Gasteiger partial charge in [0.25, 0.3) is 0 Å². The molecular weight excluding hydrogens is 280 g/mol. The van der Waals surface area contributed by atoms with Crippen molar-refractivity contribution in [2.24, 2.45) is 11.7 Å². The zero-order valence-electron chi connectivity index (χ0n) is 14.2. The van der Waals surface area contributed by atoms with E-state index in [0.717, 1.165) is 5.56 Å². The predicted molar refractivity (Wildman–Crippen MR) is 88.2 cm³/mol. The Morgan fingerprint density at radius 1 is 1.14 bits per heavy atom. The molecule has 0 saturated heterocycles. The molecule has 5 nitrogen and oxygen atoms in total. The lowest BCUT2D eigenvalue weighted by atomic mass is 9.95. The molecule has 0 bridgehead atoms. The molecular formula is C17H28N2O3. The smallest absolute Gasteiger partial charge is 0.237 e. The third-order valence-corrected chi connectivity index (χ3v) is 3.30. The van der Waals surface area contributed by atoms with E-state index in [9.17, 15) is 4.79 Å². The lowest BCUT2D eigenvalue weighted by Crippen LogP contribution is -2.41. The maximum absolute atomic E-state index is 11.9. The third kappa shape index (κ3) is 4.91. The van der Waals surface area contributed by atoms with E-state index < -0.39 is 6.04 Å². The molecule has 22 heavy (non-hydrogen) atoms. The molecule has 1 aromatic rings. The molecule has 0 spiro atoms. The normalized spacial score (nSPS) is 13.6. The highest BCUT2D eigenvalue weighted by Crippen LogP contribution is 2.32. The number of carbonyl (C=O) groups is 1. The van der Waals surface area contributed by atoms with Crippen LogP contribution in [0.5, 0.6) is 11.5 Å². The van der Waals surface area contributed by atoms with E-state index in [4.69, 9.17) is 15.2 Å². The number of nitrogens with two attached hydrogens (primary N) is 1. The van der Waals surface area contributed by atoms with Gasteiger partial charge < -0.3 is 20.5 Å². The van der Waals surface area contributed by atoms with Crippen LogP contribution in [0.3, 0.4) is 0 Å². The summed E-state index contributed by atoms with van der Waals surface area (Å²) >= 11 is 0. The first-order chi connectivity index (χ1) is 10.4. The molecule has 1 unspecified atom stereocenters. The van der Waals surface area contributed by atoms with Crippen LogP contribution in [0, 0.1) is 5.92 Å². The standard InChI is InChI=1S/C17H28N2O3/c1-6-21-14-9-8-13(10-15(14)22-7-2)16(11(3)4)19-17(20)12(5)18/h8-12,16H,6-7,18H2,1-5H3,(H,19,20)/t12-,16?/m0/s1. The number of hydrogen-bond acceptors (Lipinski definition) is 4. The van der Waals surface area contributed by atoms with Gasteiger partial charge in [-0.3, -0.25) is 4.79 Å². The Balaban J connectivity index is 3.09. The molecule has 3 N–H and O–H groups in total. The van der Waals surface area contributed by atoms with Gasteiger partial charge in [0, 0.05) is 0 Å². The quantitative estimate of drug-likeness (QED) is 0.774. The van der Waals surface area contributed by atoms with Crippen LogP contribution in [0.2, 0.25) is 0 Å². The molecule has 0 fully saturated rings. The van der Waals surface area contributed by atoms with Crippen molar-refractivity contribution in [1.29, 1.82) is 0 Å². The Morgan fingerprint density at radius 3 is 2.23 bits per heavy atom. The average molecular weight is 308 g/mol. The van der Waals surface area contributed by atoms with Gasteiger partial charge in [0.05, 0.1) is 25.3 Å². The highest BCUT2D eigenvalue weighted by Gasteiger charge is 2.21. The Morgan fingerprint density at radius 2 is 1.73 bits per heavy atom. The predicted octanol–water partition coefficient (Wildman–Crippen LogP) is 2.64. The molecule has 0 aromatic heterocycles. The first-order valence-electron chi connectivity index (χ1n) is 7.86. The minimum atomic E-state index is -0.532. The van der Waals surface area contributed by atoms with Crippen molar-refractivity contribution in [3.63, 3.8) is 0 Å². The van der Waals surface area contributed by atoms with Crippen molar-refractivity contribution in [1.82, 2.24) is 5.32 Å². The van der Waals surface area contributed by atoms with Crippen LogP contribution >= 0.6 is 0 Å². The number of benzene rings is 1. The van der Waals surface area contributed by atoms with Crippen molar-refractivity contribution >= 4 is 5.91 Å². The summed E-state index contributed by atoms with van der Waals surface area (Å²) in [5, 5.41) is 2.99. The van der Waals surface area contributed by atoms with Crippen molar-refractivity contribution in [3.05, 3.63) is 23.8 Å². The summed E-state index contributed by atoms with van der Waals surface area (Å²) in [5.41, 5.74) is 6.63. The number of nitrogens with one attached hydrogen (secondary N) is 1. The minimum Gasteiger partial charge on any atom is -0.490 e. The van der Waals surface area contributed by atoms with Crippen molar-refractivity contribution in [2.45, 2.75) is 46.7 Å². The summed E-state index contributed by atoms with van der Waals surface area (Å²) in [7, 11) is 0. The SMILES string of the molecule is CCOc1ccc(C(NC(=O)[C@H](C)N)C(C)C)cc1OCC. The van der Waals surface area contributed by atoms with Gasteiger partial charge in [-0.05, 0) is 44.4 Å². The molecule has 2 atom stereocenters. The van der Waals surface area contributed by atoms with E-state index in [-0.39, 0.29) is 17.9 Å². The fourth-order valence-corrected chi connectivity index (χ4v) is 2.18. The van der Waals surface area contributed by atoms with Crippen molar-refractivity contribution < 1.29 is 14.3 Å². The summed E-state index contributed by atoms with van der Waals surface area (Å²) in [6.45, 7) is 10.8. The Kier molecular flexibility index (Phi) is 7.18. The number of amides is 1. The molecule has 1 amide bonds. The van der Waals surface area contributed by atoms with Crippen LogP contribution in [0.15, 0.2) is 18.2 Å². The third-order valence-electron chi connectivity index (χ3n) is 3.30. The summed E-state index contributed by atoms with van der Waals surface area (Å²) in [4.78, 5) is 11.9. The first-order valence-corrected chi connectivity index (χ1v) is 7.86. The second-order valence-corrected chi connectivity index (χ2v) is 5.59. The van der Waals surface area contributed by atoms with E-state index in [1.165, 1.54) is 0 Å². The molecule has 1 aromatic carbocycles. The molecule has 0 aliphatic rings. The maximum atomic E-state index is 11.9. The number of hydrogen-bond donors (Lipinski definition) is 2. The molecule has 1 rings (SSSR count). The van der Waals surface area contributed by atoms with Crippen LogP contribution in [-0.2, 0) is 4.79 Å². The fraction of sp³-hybridized carbons (Fsp3) is 0.588. The van der Waals surface area contributed by atoms with Gasteiger partial charge in [-0.1, -0.05) is 19.9 Å². The van der Waals surface area contributed by atoms with Crippen LogP contribution in [0.1, 0.15) is 46.2 Å². The fourth-order valence-electron chi connectivity index (χ4n) is 2.18. The van der Waals surface area contributed by atoms with E-state index in [1.54, 1.807) is 6.92 Å². The molecule has 5 heteroatoms. The number of rotatable bonds is 8. The highest BCUT2D eigenvalue weighted by atomic mass is 16.5. The minimum absolute atomic E-state index is 0.117. The van der Waals surface area contributed by atoms with Gasteiger partial charge in [-0.15, -0.1) is 0 Å². The second kappa shape index (κ2) is 8.63. The Labute approximate surface area is 133 Å². The van der Waals surface area contributed by atoms with Gasteiger partial charge in [0.2, 0.25) is 5.91 Å². The summed E-state index contributed by atoms with van der Waals surface area (Å²) in [6.07, 6.45) is 0. The number of carbonyl (C=O) groups excluding carboxylic acids is 1. The molecule has 0 aliphatic heterocycles. The van der Waals surface area contributed by atoms with Crippen molar-refractivity contribution in [2.75, 3.05) is 13.2 Å². The lowest BCUT2D eigenvalue weighted by molar-refractivity contribution is -0.123. The van der Waals surface area contributed by atoms with E-state index in [1.807, 2.05) is 32.0 Å². The average Bonchev–Trinajstić information content (AvgIpc) is 2.46. The Hall–Kier alpha value is -1.75. The van der Waals surface area contributed by atoms with Gasteiger partial charge in [-0.25, -0.2) is 0 Å². The number of ether oxygens (including phenoxy) is 2. The summed E-state index contributed by atoms with van der Waals surface area (Å²) in [5.74, 6) is 1.48. The van der Waals surface area contributed by atoms with E-state index in [2.05, 4.69) is 19.2 Å². The van der Waals surface area contributed by atoms with Crippen molar-refractivity contribution in [3.8, 4) is 11.5 Å².